The Morgan fingerprint density at radius 1 is 1.15 bits per heavy atom. The van der Waals surface area contributed by atoms with Crippen LogP contribution in [0.25, 0.3) is 0 Å². The molecule has 0 aliphatic heterocycles. The van der Waals surface area contributed by atoms with E-state index in [0.717, 1.165) is 30.2 Å². The van der Waals surface area contributed by atoms with Crippen LogP contribution >= 0.6 is 0 Å². The molecule has 0 spiro atoms. The molecular formula is C23H33NO2. The number of phenolic OH excluding ortho intramolecular Hbond substituents is 1. The van der Waals surface area contributed by atoms with Crippen molar-refractivity contribution in [3.05, 3.63) is 28.8 Å². The molecule has 0 saturated heterocycles. The minimum atomic E-state index is -0.0269. The van der Waals surface area contributed by atoms with E-state index >= 15 is 0 Å². The van der Waals surface area contributed by atoms with Crippen LogP contribution in [0.15, 0.2) is 17.3 Å². The highest BCUT2D eigenvalue weighted by molar-refractivity contribution is 5.92. The predicted molar refractivity (Wildman–Crippen MR) is 106 cm³/mol. The first-order valence-corrected chi connectivity index (χ1v) is 10.2. The summed E-state index contributed by atoms with van der Waals surface area (Å²) in [4.78, 5) is 5.16. The molecule has 4 rings (SSSR count). The van der Waals surface area contributed by atoms with E-state index in [1.807, 2.05) is 0 Å². The van der Waals surface area contributed by atoms with Crippen LogP contribution in [0.2, 0.25) is 0 Å². The maximum absolute atomic E-state index is 10.6. The SMILES string of the molecule is CON=C1CC[C@H]2[C@@H]3CCc4cc(O)c(C(C)(C)C)cc4[C@H]3CC[C@]12C. The second-order valence-electron chi connectivity index (χ2n) is 9.95. The van der Waals surface area contributed by atoms with Crippen molar-refractivity contribution in [2.75, 3.05) is 7.11 Å². The molecule has 0 aromatic heterocycles. The average molecular weight is 356 g/mol. The molecule has 0 radical (unpaired) electrons. The minimum Gasteiger partial charge on any atom is -0.508 e. The number of phenols is 1. The first kappa shape index (κ1) is 17.9. The van der Waals surface area contributed by atoms with Crippen LogP contribution in [0.1, 0.15) is 82.4 Å². The fourth-order valence-corrected chi connectivity index (χ4v) is 6.26. The Hall–Kier alpha value is -1.51. The minimum absolute atomic E-state index is 0.0269. The molecule has 2 saturated carbocycles. The quantitative estimate of drug-likeness (QED) is 0.671. The molecular weight excluding hydrogens is 322 g/mol. The van der Waals surface area contributed by atoms with Gasteiger partial charge in [-0.25, -0.2) is 0 Å². The lowest BCUT2D eigenvalue weighted by Gasteiger charge is -2.49. The van der Waals surface area contributed by atoms with Gasteiger partial charge in [-0.1, -0.05) is 38.9 Å². The van der Waals surface area contributed by atoms with Crippen LogP contribution in [0.4, 0.5) is 0 Å². The molecule has 0 heterocycles. The van der Waals surface area contributed by atoms with E-state index in [1.165, 1.54) is 42.5 Å². The number of hydrogen-bond acceptors (Lipinski definition) is 3. The molecule has 3 aliphatic carbocycles. The summed E-state index contributed by atoms with van der Waals surface area (Å²) in [6.45, 7) is 9.00. The van der Waals surface area contributed by atoms with E-state index in [-0.39, 0.29) is 10.8 Å². The molecule has 1 aromatic carbocycles. The maximum Gasteiger partial charge on any atom is 0.119 e. The summed E-state index contributed by atoms with van der Waals surface area (Å²) < 4.78 is 0. The van der Waals surface area contributed by atoms with Crippen LogP contribution in [0.3, 0.4) is 0 Å². The Kier molecular flexibility index (Phi) is 4.13. The lowest BCUT2D eigenvalue weighted by Crippen LogP contribution is -2.42. The van der Waals surface area contributed by atoms with E-state index in [9.17, 15) is 5.11 Å². The van der Waals surface area contributed by atoms with Gasteiger partial charge in [0.25, 0.3) is 0 Å². The zero-order chi connectivity index (χ0) is 18.7. The van der Waals surface area contributed by atoms with Crippen molar-refractivity contribution in [1.82, 2.24) is 0 Å². The van der Waals surface area contributed by atoms with Gasteiger partial charge < -0.3 is 9.94 Å². The highest BCUT2D eigenvalue weighted by Gasteiger charge is 2.53. The molecule has 3 aliphatic rings. The van der Waals surface area contributed by atoms with Crippen LogP contribution < -0.4 is 0 Å². The lowest BCUT2D eigenvalue weighted by molar-refractivity contribution is 0.0923. The Bertz CT molecular complexity index is 745. The van der Waals surface area contributed by atoms with Crippen LogP contribution in [0, 0.1) is 17.3 Å². The molecule has 0 bridgehead atoms. The summed E-state index contributed by atoms with van der Waals surface area (Å²) in [5, 5.41) is 15.0. The van der Waals surface area contributed by atoms with Gasteiger partial charge in [-0.15, -0.1) is 0 Å². The molecule has 1 aromatic rings. The Morgan fingerprint density at radius 2 is 1.92 bits per heavy atom. The molecule has 2 fully saturated rings. The first-order chi connectivity index (χ1) is 12.3. The van der Waals surface area contributed by atoms with Crippen molar-refractivity contribution < 1.29 is 9.94 Å². The van der Waals surface area contributed by atoms with E-state index in [4.69, 9.17) is 4.84 Å². The fourth-order valence-electron chi connectivity index (χ4n) is 6.26. The number of benzene rings is 1. The molecule has 0 amide bonds. The van der Waals surface area contributed by atoms with Gasteiger partial charge in [0.1, 0.15) is 12.9 Å². The molecule has 3 heteroatoms. The Morgan fingerprint density at radius 3 is 2.62 bits per heavy atom. The first-order valence-electron chi connectivity index (χ1n) is 10.2. The second kappa shape index (κ2) is 6.00. The standard InChI is InChI=1S/C23H33NO2/c1-22(2,3)19-13-17-14(12-20(19)25)6-7-16-15(17)10-11-23(4)18(16)8-9-21(23)24-26-5/h12-13,15-16,18,25H,6-11H2,1-5H3/t15-,16+,18-,23-/m0/s1. The predicted octanol–water partition coefficient (Wildman–Crippen LogP) is 5.55. The topological polar surface area (TPSA) is 41.8 Å². The van der Waals surface area contributed by atoms with Crippen molar-refractivity contribution >= 4 is 5.71 Å². The maximum atomic E-state index is 10.6. The third kappa shape index (κ3) is 2.58. The van der Waals surface area contributed by atoms with Crippen molar-refractivity contribution in [2.24, 2.45) is 22.4 Å². The van der Waals surface area contributed by atoms with Crippen LogP contribution in [-0.2, 0) is 16.7 Å². The highest BCUT2D eigenvalue weighted by Crippen LogP contribution is 2.60. The molecule has 3 nitrogen and oxygen atoms in total. The van der Waals surface area contributed by atoms with Crippen LogP contribution in [-0.4, -0.2) is 17.9 Å². The largest absolute Gasteiger partial charge is 0.508 e. The number of aromatic hydroxyl groups is 1. The summed E-state index contributed by atoms with van der Waals surface area (Å²) in [5.74, 6) is 2.57. The van der Waals surface area contributed by atoms with Crippen molar-refractivity contribution in [3.63, 3.8) is 0 Å². The summed E-state index contributed by atoms with van der Waals surface area (Å²) in [6.07, 6.45) is 7.10. The summed E-state index contributed by atoms with van der Waals surface area (Å²) in [5.41, 5.74) is 5.47. The van der Waals surface area contributed by atoms with Crippen molar-refractivity contribution in [1.29, 1.82) is 0 Å². The molecule has 0 unspecified atom stereocenters. The van der Waals surface area contributed by atoms with Gasteiger partial charge in [0, 0.05) is 5.41 Å². The third-order valence-electron chi connectivity index (χ3n) is 7.59. The van der Waals surface area contributed by atoms with Gasteiger partial charge in [-0.05, 0) is 84.5 Å². The molecule has 1 N–H and O–H groups in total. The zero-order valence-corrected chi connectivity index (χ0v) is 16.9. The second-order valence-corrected chi connectivity index (χ2v) is 9.95. The van der Waals surface area contributed by atoms with Gasteiger partial charge in [0.2, 0.25) is 0 Å². The number of fused-ring (bicyclic) bond motifs is 5. The number of rotatable bonds is 1. The normalized spacial score (nSPS) is 35.0. The van der Waals surface area contributed by atoms with Gasteiger partial charge in [-0.3, -0.25) is 0 Å². The Labute approximate surface area is 157 Å². The average Bonchev–Trinajstić information content (AvgIpc) is 2.90. The molecule has 142 valence electrons. The number of hydrogen-bond donors (Lipinski definition) is 1. The van der Waals surface area contributed by atoms with Gasteiger partial charge in [0.15, 0.2) is 0 Å². The highest BCUT2D eigenvalue weighted by atomic mass is 16.6. The Balaban J connectivity index is 1.72. The number of aryl methyl sites for hydroxylation is 1. The lowest BCUT2D eigenvalue weighted by atomic mass is 9.55. The third-order valence-corrected chi connectivity index (χ3v) is 7.59. The van der Waals surface area contributed by atoms with Gasteiger partial charge >= 0.3 is 0 Å². The summed E-state index contributed by atoms with van der Waals surface area (Å²) in [7, 11) is 1.67. The monoisotopic (exact) mass is 355 g/mol. The van der Waals surface area contributed by atoms with Gasteiger partial charge in [0.05, 0.1) is 5.71 Å². The van der Waals surface area contributed by atoms with Crippen molar-refractivity contribution in [2.45, 2.75) is 77.6 Å². The smallest absolute Gasteiger partial charge is 0.119 e. The zero-order valence-electron chi connectivity index (χ0n) is 16.9. The van der Waals surface area contributed by atoms with Crippen molar-refractivity contribution in [3.8, 4) is 5.75 Å². The number of oxime groups is 1. The molecule has 26 heavy (non-hydrogen) atoms. The van der Waals surface area contributed by atoms with E-state index < -0.39 is 0 Å². The van der Waals surface area contributed by atoms with E-state index in [0.29, 0.717) is 11.7 Å². The number of nitrogens with zero attached hydrogens (tertiary/aromatic N) is 1. The van der Waals surface area contributed by atoms with E-state index in [1.54, 1.807) is 7.11 Å². The van der Waals surface area contributed by atoms with Crippen LogP contribution in [0.5, 0.6) is 5.75 Å². The van der Waals surface area contributed by atoms with Gasteiger partial charge in [-0.2, -0.15) is 0 Å². The van der Waals surface area contributed by atoms with E-state index in [2.05, 4.69) is 45.0 Å². The summed E-state index contributed by atoms with van der Waals surface area (Å²) in [6, 6.07) is 4.40. The summed E-state index contributed by atoms with van der Waals surface area (Å²) >= 11 is 0. The fraction of sp³-hybridized carbons (Fsp3) is 0.696. The molecule has 4 atom stereocenters.